The van der Waals surface area contributed by atoms with Crippen molar-refractivity contribution in [3.8, 4) is 17.2 Å². The van der Waals surface area contributed by atoms with Gasteiger partial charge in [-0.15, -0.1) is 0 Å². The van der Waals surface area contributed by atoms with Gasteiger partial charge in [-0.2, -0.15) is 0 Å². The molecule has 0 bridgehead atoms. The summed E-state index contributed by atoms with van der Waals surface area (Å²) >= 11 is 0. The molecular weight excluding hydrogens is 299 g/mol. The molecule has 2 aromatic heterocycles. The van der Waals surface area contributed by atoms with Gasteiger partial charge in [0.15, 0.2) is 11.5 Å². The molecule has 6 nitrogen and oxygen atoms in total. The van der Waals surface area contributed by atoms with Gasteiger partial charge in [-0.1, -0.05) is 0 Å². The van der Waals surface area contributed by atoms with Gasteiger partial charge in [0.05, 0.1) is 0 Å². The summed E-state index contributed by atoms with van der Waals surface area (Å²) in [5, 5.41) is 8.98. The van der Waals surface area contributed by atoms with Crippen LogP contribution >= 0.6 is 0 Å². The summed E-state index contributed by atoms with van der Waals surface area (Å²) in [5.41, 5.74) is 2.17. The van der Waals surface area contributed by atoms with Crippen LogP contribution in [0.4, 0.5) is 4.39 Å². The van der Waals surface area contributed by atoms with Crippen molar-refractivity contribution in [3.63, 3.8) is 0 Å². The molecule has 0 amide bonds. The van der Waals surface area contributed by atoms with Gasteiger partial charge in [0.25, 0.3) is 0 Å². The first kappa shape index (κ1) is 14.8. The highest BCUT2D eigenvalue weighted by Crippen LogP contribution is 2.21. The van der Waals surface area contributed by atoms with Crippen molar-refractivity contribution in [3.05, 3.63) is 59.6 Å². The lowest BCUT2D eigenvalue weighted by molar-refractivity contribution is 0.0691. The molecule has 0 aliphatic rings. The number of aromatic carboxylic acids is 1. The third-order valence-electron chi connectivity index (χ3n) is 3.51. The Labute approximate surface area is 131 Å². The highest BCUT2D eigenvalue weighted by molar-refractivity contribution is 5.85. The Bertz CT molecular complexity index is 888. The minimum absolute atomic E-state index is 0.0657. The van der Waals surface area contributed by atoms with E-state index in [2.05, 4.69) is 15.0 Å². The van der Waals surface area contributed by atoms with Crippen LogP contribution in [0.25, 0.3) is 17.2 Å². The minimum Gasteiger partial charge on any atom is -0.476 e. The number of halogens is 1. The van der Waals surface area contributed by atoms with Gasteiger partial charge >= 0.3 is 5.97 Å². The zero-order chi connectivity index (χ0) is 16.6. The molecule has 3 aromatic rings. The second kappa shape index (κ2) is 5.60. The second-order valence-electron chi connectivity index (χ2n) is 5.06. The van der Waals surface area contributed by atoms with Gasteiger partial charge in [-0.05, 0) is 38.1 Å². The summed E-state index contributed by atoms with van der Waals surface area (Å²) in [6.07, 6.45) is 2.79. The number of carboxylic acid groups (broad SMARTS) is 1. The smallest absolute Gasteiger partial charge is 0.356 e. The van der Waals surface area contributed by atoms with Crippen LogP contribution in [0.2, 0.25) is 0 Å². The first-order valence-corrected chi connectivity index (χ1v) is 6.84. The van der Waals surface area contributed by atoms with E-state index < -0.39 is 5.97 Å². The summed E-state index contributed by atoms with van der Waals surface area (Å²) < 4.78 is 14.6. The van der Waals surface area contributed by atoms with E-state index >= 15 is 0 Å². The number of hydrogen-bond acceptors (Lipinski definition) is 4. The predicted molar refractivity (Wildman–Crippen MR) is 81.0 cm³/mol. The van der Waals surface area contributed by atoms with Gasteiger partial charge in [0, 0.05) is 23.0 Å². The molecule has 0 aliphatic heterocycles. The molecule has 116 valence electrons. The molecule has 3 rings (SSSR count). The van der Waals surface area contributed by atoms with E-state index in [4.69, 9.17) is 5.11 Å². The molecule has 0 radical (unpaired) electrons. The van der Waals surface area contributed by atoms with Crippen molar-refractivity contribution in [2.45, 2.75) is 13.8 Å². The Morgan fingerprint density at radius 3 is 2.48 bits per heavy atom. The SMILES string of the molecule is Cc1nc(-c2ccc(F)cc2)nc(-n2cnc(C(=O)O)c2)c1C. The van der Waals surface area contributed by atoms with Crippen molar-refractivity contribution in [1.29, 1.82) is 0 Å². The Balaban J connectivity index is 2.13. The molecule has 0 saturated heterocycles. The lowest BCUT2D eigenvalue weighted by Crippen LogP contribution is -2.05. The number of imidazole rings is 1. The summed E-state index contributed by atoms with van der Waals surface area (Å²) in [4.78, 5) is 23.7. The first-order valence-electron chi connectivity index (χ1n) is 6.84. The standard InChI is InChI=1S/C16H13FN4O2/c1-9-10(2)19-14(11-3-5-12(17)6-4-11)20-15(9)21-7-13(16(22)23)18-8-21/h3-8H,1-2H3,(H,22,23). The quantitative estimate of drug-likeness (QED) is 0.804. The van der Waals surface area contributed by atoms with Crippen LogP contribution in [0, 0.1) is 19.7 Å². The zero-order valence-corrected chi connectivity index (χ0v) is 12.5. The zero-order valence-electron chi connectivity index (χ0n) is 12.5. The van der Waals surface area contributed by atoms with Crippen LogP contribution in [0.15, 0.2) is 36.8 Å². The summed E-state index contributed by atoms with van der Waals surface area (Å²) in [7, 11) is 0. The van der Waals surface area contributed by atoms with Crippen LogP contribution < -0.4 is 0 Å². The molecule has 7 heteroatoms. The number of nitrogens with zero attached hydrogens (tertiary/aromatic N) is 4. The number of aryl methyl sites for hydroxylation is 1. The van der Waals surface area contributed by atoms with Gasteiger partial charge < -0.3 is 5.11 Å². The van der Waals surface area contributed by atoms with E-state index in [0.29, 0.717) is 17.2 Å². The van der Waals surface area contributed by atoms with Crippen LogP contribution in [0.1, 0.15) is 21.7 Å². The summed E-state index contributed by atoms with van der Waals surface area (Å²) in [6.45, 7) is 3.68. The van der Waals surface area contributed by atoms with Crippen LogP contribution in [0.5, 0.6) is 0 Å². The average Bonchev–Trinajstić information content (AvgIpc) is 3.00. The van der Waals surface area contributed by atoms with Gasteiger partial charge in [-0.25, -0.2) is 24.1 Å². The van der Waals surface area contributed by atoms with E-state index in [1.54, 1.807) is 16.7 Å². The van der Waals surface area contributed by atoms with Gasteiger partial charge in [0.2, 0.25) is 0 Å². The number of benzene rings is 1. The maximum absolute atomic E-state index is 13.1. The topological polar surface area (TPSA) is 80.9 Å². The number of aromatic nitrogens is 4. The van der Waals surface area contributed by atoms with E-state index in [1.165, 1.54) is 24.7 Å². The van der Waals surface area contributed by atoms with Gasteiger partial charge in [-0.3, -0.25) is 4.57 Å². The van der Waals surface area contributed by atoms with Crippen molar-refractivity contribution in [1.82, 2.24) is 19.5 Å². The van der Waals surface area contributed by atoms with Crippen LogP contribution in [-0.4, -0.2) is 30.6 Å². The number of hydrogen-bond donors (Lipinski definition) is 1. The first-order chi connectivity index (χ1) is 11.0. The average molecular weight is 312 g/mol. The molecule has 0 atom stereocenters. The Morgan fingerprint density at radius 1 is 1.17 bits per heavy atom. The predicted octanol–water partition coefficient (Wildman–Crippen LogP) is 2.78. The summed E-state index contributed by atoms with van der Waals surface area (Å²) in [5.74, 6) is -0.463. The number of carbonyl (C=O) groups is 1. The molecule has 2 heterocycles. The third-order valence-corrected chi connectivity index (χ3v) is 3.51. The fourth-order valence-corrected chi connectivity index (χ4v) is 2.14. The minimum atomic E-state index is -1.11. The van der Waals surface area contributed by atoms with Crippen molar-refractivity contribution in [2.75, 3.05) is 0 Å². The maximum atomic E-state index is 13.1. The normalized spacial score (nSPS) is 10.7. The van der Waals surface area contributed by atoms with E-state index in [0.717, 1.165) is 11.3 Å². The fraction of sp³-hybridized carbons (Fsp3) is 0.125. The van der Waals surface area contributed by atoms with E-state index in [1.807, 2.05) is 13.8 Å². The van der Waals surface area contributed by atoms with Crippen molar-refractivity contribution < 1.29 is 14.3 Å². The molecule has 0 saturated carbocycles. The Hall–Kier alpha value is -3.09. The third kappa shape index (κ3) is 2.80. The maximum Gasteiger partial charge on any atom is 0.356 e. The molecule has 1 aromatic carbocycles. The Kier molecular flexibility index (Phi) is 3.61. The molecule has 0 spiro atoms. The summed E-state index contributed by atoms with van der Waals surface area (Å²) in [6, 6.07) is 5.88. The molecule has 23 heavy (non-hydrogen) atoms. The van der Waals surface area contributed by atoms with Crippen molar-refractivity contribution >= 4 is 5.97 Å². The van der Waals surface area contributed by atoms with Gasteiger partial charge in [0.1, 0.15) is 18.0 Å². The van der Waals surface area contributed by atoms with Crippen LogP contribution in [0.3, 0.4) is 0 Å². The number of carboxylic acids is 1. The lowest BCUT2D eigenvalue weighted by Gasteiger charge is -2.10. The molecule has 1 N–H and O–H groups in total. The second-order valence-corrected chi connectivity index (χ2v) is 5.06. The number of rotatable bonds is 3. The molecule has 0 unspecified atom stereocenters. The largest absolute Gasteiger partial charge is 0.476 e. The molecular formula is C16H13FN4O2. The molecule has 0 fully saturated rings. The Morgan fingerprint density at radius 2 is 1.87 bits per heavy atom. The monoisotopic (exact) mass is 312 g/mol. The lowest BCUT2D eigenvalue weighted by atomic mass is 10.2. The highest BCUT2D eigenvalue weighted by atomic mass is 19.1. The van der Waals surface area contributed by atoms with E-state index in [9.17, 15) is 9.18 Å². The van der Waals surface area contributed by atoms with Crippen molar-refractivity contribution in [2.24, 2.45) is 0 Å². The van der Waals surface area contributed by atoms with E-state index in [-0.39, 0.29) is 11.5 Å². The molecule has 0 aliphatic carbocycles. The highest BCUT2D eigenvalue weighted by Gasteiger charge is 2.14. The fourth-order valence-electron chi connectivity index (χ4n) is 2.14. The van der Waals surface area contributed by atoms with Crippen LogP contribution in [-0.2, 0) is 0 Å².